The third-order valence-corrected chi connectivity index (χ3v) is 8.99. The summed E-state index contributed by atoms with van der Waals surface area (Å²) in [6.45, 7) is 2.45. The van der Waals surface area contributed by atoms with Crippen molar-refractivity contribution in [3.05, 3.63) is 87.5 Å². The van der Waals surface area contributed by atoms with Crippen molar-refractivity contribution in [1.29, 1.82) is 0 Å². The fourth-order valence-electron chi connectivity index (χ4n) is 4.90. The minimum absolute atomic E-state index is 0.0977. The quantitative estimate of drug-likeness (QED) is 0.176. The summed E-state index contributed by atoms with van der Waals surface area (Å²) in [4.78, 5) is 48.8. The topological polar surface area (TPSA) is 158 Å². The Kier molecular flexibility index (Phi) is 8.81. The van der Waals surface area contributed by atoms with E-state index in [2.05, 4.69) is 35.5 Å². The number of azo groups is 1. The molecule has 1 aliphatic heterocycles. The molecular weight excluding hydrogens is 601 g/mol. The lowest BCUT2D eigenvalue weighted by Gasteiger charge is -2.29. The number of carboxylic acids is 1. The van der Waals surface area contributed by atoms with Crippen molar-refractivity contribution in [2.45, 2.75) is 12.8 Å². The lowest BCUT2D eigenvalue weighted by Crippen LogP contribution is -2.40. The molecule has 0 atom stereocenters. The van der Waals surface area contributed by atoms with Gasteiger partial charge in [-0.25, -0.2) is 9.97 Å². The Labute approximate surface area is 259 Å². The summed E-state index contributed by atoms with van der Waals surface area (Å²) < 4.78 is 1.36. The summed E-state index contributed by atoms with van der Waals surface area (Å²) in [7, 11) is 0. The summed E-state index contributed by atoms with van der Waals surface area (Å²) in [6.07, 6.45) is 2.66. The van der Waals surface area contributed by atoms with Crippen LogP contribution in [-0.4, -0.2) is 67.8 Å². The van der Waals surface area contributed by atoms with Gasteiger partial charge in [0.2, 0.25) is 10.3 Å². The van der Waals surface area contributed by atoms with Crippen LogP contribution >= 0.6 is 22.7 Å². The number of hydrogen-bond donors (Lipinski definition) is 3. The first-order chi connectivity index (χ1) is 21.5. The molecule has 224 valence electrons. The molecule has 6 rings (SSSR count). The molecule has 4 heterocycles. The molecule has 5 aromatic rings. The molecule has 2 aromatic carbocycles. The van der Waals surface area contributed by atoms with E-state index in [-0.39, 0.29) is 22.6 Å². The third kappa shape index (κ3) is 6.56. The van der Waals surface area contributed by atoms with Gasteiger partial charge in [-0.15, -0.1) is 21.6 Å². The van der Waals surface area contributed by atoms with Gasteiger partial charge < -0.3 is 15.3 Å². The Balaban J connectivity index is 1.16. The number of thiazole rings is 2. The van der Waals surface area contributed by atoms with Crippen LogP contribution in [-0.2, 0) is 4.79 Å². The number of aromatic amines is 1. The second kappa shape index (κ2) is 13.2. The number of nitrogens with one attached hydrogen (secondary N) is 2. The van der Waals surface area contributed by atoms with Gasteiger partial charge in [-0.3, -0.25) is 19.5 Å². The van der Waals surface area contributed by atoms with Crippen molar-refractivity contribution in [3.63, 3.8) is 0 Å². The van der Waals surface area contributed by atoms with Gasteiger partial charge in [-0.1, -0.05) is 72.0 Å². The molecule has 0 unspecified atom stereocenters. The standard InChI is InChI=1S/C30H28N8O4S2/c39-26(31-13-16-37-14-11-21(12-15-37)28(41)42)23-17-32-29(44-23)35-34-25-24(20-9-5-2-6-10-20)36-38(27(25)40)30-33-22(18-43-30)19-7-3-1-4-8-19/h1-10,17-18,21,36H,11-16H2,(H,31,39)(H,41,42). The fraction of sp³-hybridized carbons (Fsp3) is 0.233. The molecule has 1 amide bonds. The molecule has 1 aliphatic rings. The first-order valence-corrected chi connectivity index (χ1v) is 15.7. The molecule has 0 radical (unpaired) electrons. The highest BCUT2D eigenvalue weighted by atomic mass is 32.1. The van der Waals surface area contributed by atoms with Crippen molar-refractivity contribution >= 4 is 45.4 Å². The van der Waals surface area contributed by atoms with Crippen LogP contribution in [0, 0.1) is 5.92 Å². The average molecular weight is 629 g/mol. The SMILES string of the molecule is O=C(NCCN1CCC(C(=O)O)CC1)c1cnc(N=Nc2c(-c3ccccc3)[nH]n(-c3nc(-c4ccccc4)cs3)c2=O)s1. The van der Waals surface area contributed by atoms with Gasteiger partial charge >= 0.3 is 11.5 Å². The molecule has 0 spiro atoms. The van der Waals surface area contributed by atoms with E-state index in [1.165, 1.54) is 22.2 Å². The van der Waals surface area contributed by atoms with Gasteiger partial charge in [0, 0.05) is 29.6 Å². The van der Waals surface area contributed by atoms with Gasteiger partial charge in [0.15, 0.2) is 5.69 Å². The number of benzene rings is 2. The molecule has 0 aliphatic carbocycles. The third-order valence-electron chi connectivity index (χ3n) is 7.28. The van der Waals surface area contributed by atoms with Crippen LogP contribution < -0.4 is 10.9 Å². The van der Waals surface area contributed by atoms with E-state index in [9.17, 15) is 14.4 Å². The number of aromatic nitrogens is 4. The molecule has 14 heteroatoms. The lowest BCUT2D eigenvalue weighted by atomic mass is 9.97. The highest BCUT2D eigenvalue weighted by Crippen LogP contribution is 2.31. The summed E-state index contributed by atoms with van der Waals surface area (Å²) in [5, 5.41) is 26.3. The zero-order valence-electron chi connectivity index (χ0n) is 23.4. The molecule has 3 aromatic heterocycles. The lowest BCUT2D eigenvalue weighted by molar-refractivity contribution is -0.143. The second-order valence-electron chi connectivity index (χ2n) is 10.1. The van der Waals surface area contributed by atoms with Crippen molar-refractivity contribution in [3.8, 4) is 27.6 Å². The van der Waals surface area contributed by atoms with E-state index in [1.807, 2.05) is 66.0 Å². The zero-order valence-corrected chi connectivity index (χ0v) is 25.1. The number of H-pyrrole nitrogens is 1. The first kappa shape index (κ1) is 29.3. The number of rotatable bonds is 10. The van der Waals surface area contributed by atoms with Crippen LogP contribution in [0.2, 0.25) is 0 Å². The van der Waals surface area contributed by atoms with Crippen LogP contribution in [0.3, 0.4) is 0 Å². The van der Waals surface area contributed by atoms with Crippen molar-refractivity contribution in [1.82, 2.24) is 30.0 Å². The van der Waals surface area contributed by atoms with Gasteiger partial charge in [0.05, 0.1) is 23.5 Å². The van der Waals surface area contributed by atoms with E-state index in [1.54, 1.807) is 0 Å². The first-order valence-electron chi connectivity index (χ1n) is 14.0. The van der Waals surface area contributed by atoms with Crippen LogP contribution in [0.1, 0.15) is 22.5 Å². The van der Waals surface area contributed by atoms with Crippen LogP contribution in [0.15, 0.2) is 87.3 Å². The van der Waals surface area contributed by atoms with Crippen LogP contribution in [0.5, 0.6) is 0 Å². The largest absolute Gasteiger partial charge is 0.481 e. The Hall–Kier alpha value is -4.79. The number of nitrogens with zero attached hydrogens (tertiary/aromatic N) is 6. The Morgan fingerprint density at radius 2 is 1.73 bits per heavy atom. The summed E-state index contributed by atoms with van der Waals surface area (Å²) in [5.41, 5.74) is 2.62. The highest BCUT2D eigenvalue weighted by molar-refractivity contribution is 7.17. The molecule has 1 fully saturated rings. The smallest absolute Gasteiger partial charge is 0.306 e. The van der Waals surface area contributed by atoms with Gasteiger partial charge in [-0.2, -0.15) is 4.68 Å². The van der Waals surface area contributed by atoms with E-state index in [4.69, 9.17) is 5.11 Å². The van der Waals surface area contributed by atoms with Crippen molar-refractivity contribution in [2.24, 2.45) is 16.1 Å². The van der Waals surface area contributed by atoms with E-state index in [0.717, 1.165) is 28.2 Å². The van der Waals surface area contributed by atoms with E-state index < -0.39 is 11.5 Å². The van der Waals surface area contributed by atoms with Crippen molar-refractivity contribution in [2.75, 3.05) is 26.2 Å². The molecular formula is C30H28N8O4S2. The maximum atomic E-state index is 13.6. The highest BCUT2D eigenvalue weighted by Gasteiger charge is 2.24. The van der Waals surface area contributed by atoms with Crippen LogP contribution in [0.4, 0.5) is 10.8 Å². The maximum Gasteiger partial charge on any atom is 0.306 e. The second-order valence-corrected chi connectivity index (χ2v) is 12.0. The van der Waals surface area contributed by atoms with E-state index in [0.29, 0.717) is 54.7 Å². The predicted octanol–water partition coefficient (Wildman–Crippen LogP) is 5.35. The average Bonchev–Trinajstić information content (AvgIpc) is 3.80. The molecule has 3 N–H and O–H groups in total. The Bertz CT molecular complexity index is 1840. The van der Waals surface area contributed by atoms with Gasteiger partial charge in [-0.05, 0) is 25.9 Å². The van der Waals surface area contributed by atoms with E-state index >= 15 is 0 Å². The number of hydrogen-bond acceptors (Lipinski definition) is 10. The number of carboxylic acid groups (broad SMARTS) is 1. The Morgan fingerprint density at radius 1 is 1.02 bits per heavy atom. The zero-order chi connectivity index (χ0) is 30.5. The predicted molar refractivity (Wildman–Crippen MR) is 168 cm³/mol. The molecule has 12 nitrogen and oxygen atoms in total. The van der Waals surface area contributed by atoms with Crippen molar-refractivity contribution < 1.29 is 14.7 Å². The summed E-state index contributed by atoms with van der Waals surface area (Å²) in [5.74, 6) is -1.31. The fourth-order valence-corrected chi connectivity index (χ4v) is 6.34. The molecule has 44 heavy (non-hydrogen) atoms. The minimum atomic E-state index is -0.744. The maximum absolute atomic E-state index is 13.6. The molecule has 1 saturated heterocycles. The number of likely N-dealkylation sites (tertiary alicyclic amines) is 1. The monoisotopic (exact) mass is 628 g/mol. The van der Waals surface area contributed by atoms with Gasteiger partial charge in [0.25, 0.3) is 5.91 Å². The van der Waals surface area contributed by atoms with Crippen LogP contribution in [0.25, 0.3) is 27.6 Å². The normalized spacial score (nSPS) is 14.3. The number of carbonyl (C=O) groups excluding carboxylic acids is 1. The number of aliphatic carboxylic acids is 1. The molecule has 0 saturated carbocycles. The number of piperidine rings is 1. The number of amides is 1. The van der Waals surface area contributed by atoms with Gasteiger partial charge in [0.1, 0.15) is 4.88 Å². The Morgan fingerprint density at radius 3 is 2.43 bits per heavy atom. The number of carbonyl (C=O) groups is 2. The minimum Gasteiger partial charge on any atom is -0.481 e. The summed E-state index contributed by atoms with van der Waals surface area (Å²) >= 11 is 2.40. The summed E-state index contributed by atoms with van der Waals surface area (Å²) in [6, 6.07) is 19.1. The molecule has 0 bridgehead atoms.